The number of hydrogen-bond donors (Lipinski definition) is 1. The Hall–Kier alpha value is -3.08. The van der Waals surface area contributed by atoms with Crippen molar-refractivity contribution in [1.29, 1.82) is 0 Å². The zero-order valence-electron chi connectivity index (χ0n) is 13.5. The first-order valence-electron chi connectivity index (χ1n) is 7.78. The first-order chi connectivity index (χ1) is 11.7. The minimum absolute atomic E-state index is 0.111. The summed E-state index contributed by atoms with van der Waals surface area (Å²) in [6.07, 6.45) is 5.30. The molecule has 2 aromatic carbocycles. The monoisotopic (exact) mass is 321 g/mol. The lowest BCUT2D eigenvalue weighted by Gasteiger charge is -2.08. The Morgan fingerprint density at radius 2 is 1.88 bits per heavy atom. The number of benzene rings is 2. The van der Waals surface area contributed by atoms with Crippen molar-refractivity contribution in [1.82, 2.24) is 14.9 Å². The second-order valence-electron chi connectivity index (χ2n) is 5.43. The van der Waals surface area contributed by atoms with Gasteiger partial charge in [0.25, 0.3) is 5.91 Å². The Bertz CT molecular complexity index is 778. The molecule has 0 fully saturated rings. The van der Waals surface area contributed by atoms with E-state index in [4.69, 9.17) is 4.74 Å². The van der Waals surface area contributed by atoms with Gasteiger partial charge < -0.3 is 14.6 Å². The molecule has 0 bridgehead atoms. The van der Waals surface area contributed by atoms with E-state index in [1.807, 2.05) is 54.1 Å². The molecule has 5 nitrogen and oxygen atoms in total. The lowest BCUT2D eigenvalue weighted by Crippen LogP contribution is -2.28. The smallest absolute Gasteiger partial charge is 0.251 e. The second-order valence-corrected chi connectivity index (χ2v) is 5.43. The van der Waals surface area contributed by atoms with Crippen LogP contribution in [0.3, 0.4) is 0 Å². The van der Waals surface area contributed by atoms with Crippen LogP contribution in [0.5, 0.6) is 5.75 Å². The van der Waals surface area contributed by atoms with Crippen LogP contribution in [0.25, 0.3) is 5.69 Å². The van der Waals surface area contributed by atoms with E-state index in [2.05, 4.69) is 10.3 Å². The van der Waals surface area contributed by atoms with Gasteiger partial charge in [-0.2, -0.15) is 0 Å². The van der Waals surface area contributed by atoms with Crippen molar-refractivity contribution in [3.8, 4) is 11.4 Å². The minimum atomic E-state index is -0.111. The predicted octanol–water partition coefficient (Wildman–Crippen LogP) is 2.99. The normalized spacial score (nSPS) is 10.4. The highest BCUT2D eigenvalue weighted by Gasteiger charge is 2.05. The lowest BCUT2D eigenvalue weighted by molar-refractivity contribution is 0.0947. The topological polar surface area (TPSA) is 56.1 Å². The molecule has 1 heterocycles. The van der Waals surface area contributed by atoms with Crippen molar-refractivity contribution in [2.75, 3.05) is 13.2 Å². The number of aromatic nitrogens is 2. The lowest BCUT2D eigenvalue weighted by atomic mass is 10.2. The van der Waals surface area contributed by atoms with Gasteiger partial charge >= 0.3 is 0 Å². The molecule has 0 aliphatic carbocycles. The molecule has 5 heteroatoms. The van der Waals surface area contributed by atoms with Gasteiger partial charge in [0.05, 0.1) is 12.9 Å². The van der Waals surface area contributed by atoms with E-state index in [1.165, 1.54) is 5.56 Å². The van der Waals surface area contributed by atoms with Gasteiger partial charge in [0.1, 0.15) is 12.4 Å². The number of carbonyl (C=O) groups is 1. The average molecular weight is 321 g/mol. The van der Waals surface area contributed by atoms with Crippen molar-refractivity contribution in [3.05, 3.63) is 78.4 Å². The fourth-order valence-electron chi connectivity index (χ4n) is 2.27. The molecule has 1 amide bonds. The number of rotatable bonds is 6. The Labute approximate surface area is 140 Å². The molecule has 0 aliphatic heterocycles. The maximum absolute atomic E-state index is 12.1. The molecule has 1 N–H and O–H groups in total. The summed E-state index contributed by atoms with van der Waals surface area (Å²) in [4.78, 5) is 16.1. The average Bonchev–Trinajstić information content (AvgIpc) is 3.15. The Kier molecular flexibility index (Phi) is 4.91. The van der Waals surface area contributed by atoms with Gasteiger partial charge in [-0.25, -0.2) is 4.98 Å². The van der Waals surface area contributed by atoms with E-state index >= 15 is 0 Å². The summed E-state index contributed by atoms with van der Waals surface area (Å²) in [6.45, 7) is 2.92. The summed E-state index contributed by atoms with van der Waals surface area (Å²) in [7, 11) is 0. The number of hydrogen-bond acceptors (Lipinski definition) is 3. The SMILES string of the molecule is Cc1ccc(OCCNC(=O)c2ccc(-n3ccnc3)cc2)cc1. The molecule has 0 unspecified atom stereocenters. The van der Waals surface area contributed by atoms with Crippen molar-refractivity contribution in [3.63, 3.8) is 0 Å². The van der Waals surface area contributed by atoms with Crippen LogP contribution in [-0.4, -0.2) is 28.6 Å². The molecule has 0 atom stereocenters. The van der Waals surface area contributed by atoms with Gasteiger partial charge in [-0.1, -0.05) is 17.7 Å². The minimum Gasteiger partial charge on any atom is -0.492 e. The third kappa shape index (κ3) is 4.01. The summed E-state index contributed by atoms with van der Waals surface area (Å²) in [5, 5.41) is 2.85. The van der Waals surface area contributed by atoms with Crippen molar-refractivity contribution in [2.45, 2.75) is 6.92 Å². The zero-order chi connectivity index (χ0) is 16.8. The number of nitrogens with one attached hydrogen (secondary N) is 1. The van der Waals surface area contributed by atoms with Gasteiger partial charge in [-0.3, -0.25) is 4.79 Å². The van der Waals surface area contributed by atoms with Crippen molar-refractivity contribution < 1.29 is 9.53 Å². The first-order valence-corrected chi connectivity index (χ1v) is 7.78. The zero-order valence-corrected chi connectivity index (χ0v) is 13.5. The van der Waals surface area contributed by atoms with E-state index < -0.39 is 0 Å². The molecule has 0 saturated heterocycles. The molecule has 0 spiro atoms. The van der Waals surface area contributed by atoms with Gasteiger partial charge in [-0.15, -0.1) is 0 Å². The quantitative estimate of drug-likeness (QED) is 0.710. The van der Waals surface area contributed by atoms with E-state index in [9.17, 15) is 4.79 Å². The van der Waals surface area contributed by atoms with Crippen LogP contribution in [-0.2, 0) is 0 Å². The Morgan fingerprint density at radius 3 is 2.54 bits per heavy atom. The first kappa shape index (κ1) is 15.8. The van der Waals surface area contributed by atoms with Crippen LogP contribution in [0.4, 0.5) is 0 Å². The van der Waals surface area contributed by atoms with Gasteiger partial charge in [-0.05, 0) is 43.3 Å². The number of imidazole rings is 1. The number of aryl methyl sites for hydroxylation is 1. The second kappa shape index (κ2) is 7.46. The van der Waals surface area contributed by atoms with Gasteiger partial charge in [0, 0.05) is 23.6 Å². The molecule has 24 heavy (non-hydrogen) atoms. The third-order valence-electron chi connectivity index (χ3n) is 3.61. The summed E-state index contributed by atoms with van der Waals surface area (Å²) in [5.74, 6) is 0.694. The highest BCUT2D eigenvalue weighted by molar-refractivity contribution is 5.94. The van der Waals surface area contributed by atoms with Crippen LogP contribution in [0, 0.1) is 6.92 Å². The summed E-state index contributed by atoms with van der Waals surface area (Å²) >= 11 is 0. The van der Waals surface area contributed by atoms with Crippen LogP contribution < -0.4 is 10.1 Å². The molecule has 3 aromatic rings. The standard InChI is InChI=1S/C19H19N3O2/c1-15-2-8-18(9-3-15)24-13-11-21-19(23)16-4-6-17(7-5-16)22-12-10-20-14-22/h2-10,12,14H,11,13H2,1H3,(H,21,23). The van der Waals surface area contributed by atoms with Crippen molar-refractivity contribution in [2.24, 2.45) is 0 Å². The van der Waals surface area contributed by atoms with Crippen LogP contribution >= 0.6 is 0 Å². The van der Waals surface area contributed by atoms with Crippen LogP contribution in [0.1, 0.15) is 15.9 Å². The van der Waals surface area contributed by atoms with E-state index in [0.29, 0.717) is 18.7 Å². The maximum atomic E-state index is 12.1. The molecule has 0 saturated carbocycles. The molecule has 1 aromatic heterocycles. The largest absolute Gasteiger partial charge is 0.492 e. The molecule has 3 rings (SSSR count). The maximum Gasteiger partial charge on any atom is 0.251 e. The van der Waals surface area contributed by atoms with Gasteiger partial charge in [0.15, 0.2) is 0 Å². The number of nitrogens with zero attached hydrogens (tertiary/aromatic N) is 2. The summed E-state index contributed by atoms with van der Waals surface area (Å²) in [6, 6.07) is 15.2. The highest BCUT2D eigenvalue weighted by atomic mass is 16.5. The molecule has 122 valence electrons. The van der Waals surface area contributed by atoms with E-state index in [-0.39, 0.29) is 5.91 Å². The summed E-state index contributed by atoms with van der Waals surface area (Å²) < 4.78 is 7.48. The summed E-state index contributed by atoms with van der Waals surface area (Å²) in [5.41, 5.74) is 2.77. The fraction of sp³-hybridized carbons (Fsp3) is 0.158. The van der Waals surface area contributed by atoms with Crippen LogP contribution in [0.15, 0.2) is 67.3 Å². The third-order valence-corrected chi connectivity index (χ3v) is 3.61. The molecular weight excluding hydrogens is 302 g/mol. The van der Waals surface area contributed by atoms with Crippen molar-refractivity contribution >= 4 is 5.91 Å². The number of amides is 1. The van der Waals surface area contributed by atoms with E-state index in [0.717, 1.165) is 11.4 Å². The molecule has 0 aliphatic rings. The molecular formula is C19H19N3O2. The predicted molar refractivity (Wildman–Crippen MR) is 92.6 cm³/mol. The Balaban J connectivity index is 1.47. The Morgan fingerprint density at radius 1 is 1.12 bits per heavy atom. The molecule has 0 radical (unpaired) electrons. The van der Waals surface area contributed by atoms with Gasteiger partial charge in [0.2, 0.25) is 0 Å². The number of carbonyl (C=O) groups excluding carboxylic acids is 1. The highest BCUT2D eigenvalue weighted by Crippen LogP contribution is 2.11. The number of ether oxygens (including phenoxy) is 1. The van der Waals surface area contributed by atoms with E-state index in [1.54, 1.807) is 24.7 Å². The van der Waals surface area contributed by atoms with Crippen LogP contribution in [0.2, 0.25) is 0 Å². The fourth-order valence-corrected chi connectivity index (χ4v) is 2.27.